The zero-order valence-electron chi connectivity index (χ0n) is 12.2. The Hall–Kier alpha value is -1.72. The minimum atomic E-state index is -0.320. The molecule has 0 spiro atoms. The molecule has 1 aromatic carbocycles. The fraction of sp³-hybridized carbons (Fsp3) is 0.375. The summed E-state index contributed by atoms with van der Waals surface area (Å²) in [5.41, 5.74) is 4.48. The van der Waals surface area contributed by atoms with Crippen molar-refractivity contribution in [2.45, 2.75) is 32.8 Å². The van der Waals surface area contributed by atoms with Gasteiger partial charge in [0.1, 0.15) is 6.10 Å². The number of thiazole rings is 1. The van der Waals surface area contributed by atoms with E-state index in [0.717, 1.165) is 24.1 Å². The number of anilines is 1. The van der Waals surface area contributed by atoms with Gasteiger partial charge < -0.3 is 4.74 Å². The van der Waals surface area contributed by atoms with E-state index in [2.05, 4.69) is 42.3 Å². The van der Waals surface area contributed by atoms with Crippen LogP contribution < -0.4 is 5.32 Å². The minimum Gasteiger partial charge on any atom is -0.368 e. The third-order valence-corrected chi connectivity index (χ3v) is 4.52. The van der Waals surface area contributed by atoms with Crippen molar-refractivity contribution in [1.29, 1.82) is 0 Å². The van der Waals surface area contributed by atoms with Crippen LogP contribution in [0.1, 0.15) is 24.0 Å². The molecule has 1 aliphatic heterocycles. The van der Waals surface area contributed by atoms with Crippen LogP contribution in [0.5, 0.6) is 0 Å². The van der Waals surface area contributed by atoms with Crippen LogP contribution in [0.3, 0.4) is 0 Å². The van der Waals surface area contributed by atoms with Gasteiger partial charge in [-0.1, -0.05) is 12.1 Å². The van der Waals surface area contributed by atoms with Crippen LogP contribution in [-0.2, 0) is 9.53 Å². The topological polar surface area (TPSA) is 51.2 Å². The molecule has 21 heavy (non-hydrogen) atoms. The van der Waals surface area contributed by atoms with Gasteiger partial charge >= 0.3 is 0 Å². The van der Waals surface area contributed by atoms with Gasteiger partial charge in [-0.25, -0.2) is 4.98 Å². The zero-order chi connectivity index (χ0) is 14.8. The molecule has 1 fully saturated rings. The van der Waals surface area contributed by atoms with Crippen LogP contribution in [0.15, 0.2) is 23.6 Å². The van der Waals surface area contributed by atoms with E-state index in [4.69, 9.17) is 4.74 Å². The Bertz CT molecular complexity index is 660. The molecule has 0 saturated carbocycles. The van der Waals surface area contributed by atoms with Crippen LogP contribution in [0.4, 0.5) is 5.13 Å². The van der Waals surface area contributed by atoms with Gasteiger partial charge in [0.05, 0.1) is 5.69 Å². The molecule has 3 rings (SSSR count). The van der Waals surface area contributed by atoms with Crippen LogP contribution in [0.2, 0.25) is 0 Å². The summed E-state index contributed by atoms with van der Waals surface area (Å²) in [7, 11) is 0. The number of rotatable bonds is 3. The van der Waals surface area contributed by atoms with E-state index in [9.17, 15) is 4.79 Å². The summed E-state index contributed by atoms with van der Waals surface area (Å²) < 4.78 is 5.37. The highest BCUT2D eigenvalue weighted by atomic mass is 32.1. The molecular formula is C16H18N2O2S. The first kappa shape index (κ1) is 14.2. The molecule has 0 bridgehead atoms. The largest absolute Gasteiger partial charge is 0.368 e. The van der Waals surface area contributed by atoms with Gasteiger partial charge in [-0.05, 0) is 43.9 Å². The maximum atomic E-state index is 12.0. The molecule has 1 amide bonds. The highest BCUT2D eigenvalue weighted by Gasteiger charge is 2.24. The number of hydrogen-bond donors (Lipinski definition) is 1. The normalized spacial score (nSPS) is 17.9. The van der Waals surface area contributed by atoms with Crippen molar-refractivity contribution >= 4 is 22.4 Å². The lowest BCUT2D eigenvalue weighted by Crippen LogP contribution is -2.26. The minimum absolute atomic E-state index is 0.0894. The van der Waals surface area contributed by atoms with Gasteiger partial charge in [0.15, 0.2) is 5.13 Å². The van der Waals surface area contributed by atoms with Gasteiger partial charge in [-0.3, -0.25) is 10.1 Å². The molecule has 1 saturated heterocycles. The molecule has 110 valence electrons. The Morgan fingerprint density at radius 2 is 2.24 bits per heavy atom. The molecule has 0 aliphatic carbocycles. The number of nitrogens with zero attached hydrogens (tertiary/aromatic N) is 1. The third kappa shape index (κ3) is 3.14. The second kappa shape index (κ2) is 5.95. The predicted octanol–water partition coefficient (Wildman–Crippen LogP) is 3.54. The van der Waals surface area contributed by atoms with Gasteiger partial charge in [0, 0.05) is 17.6 Å². The fourth-order valence-corrected chi connectivity index (χ4v) is 3.06. The Balaban J connectivity index is 1.73. The number of hydrogen-bond acceptors (Lipinski definition) is 4. The summed E-state index contributed by atoms with van der Waals surface area (Å²) in [4.78, 5) is 16.5. The molecule has 1 unspecified atom stereocenters. The van der Waals surface area contributed by atoms with Crippen LogP contribution in [-0.4, -0.2) is 23.6 Å². The molecule has 4 nitrogen and oxygen atoms in total. The third-order valence-electron chi connectivity index (χ3n) is 3.76. The van der Waals surface area contributed by atoms with Crippen LogP contribution in [0.25, 0.3) is 11.3 Å². The Kier molecular flexibility index (Phi) is 4.03. The highest BCUT2D eigenvalue weighted by Crippen LogP contribution is 2.27. The Labute approximate surface area is 128 Å². The molecule has 2 heterocycles. The van der Waals surface area contributed by atoms with Crippen molar-refractivity contribution in [3.05, 3.63) is 34.7 Å². The fourth-order valence-electron chi connectivity index (χ4n) is 2.33. The lowest BCUT2D eigenvalue weighted by atomic mass is 10.1. The van der Waals surface area contributed by atoms with Crippen molar-refractivity contribution in [3.8, 4) is 11.3 Å². The van der Waals surface area contributed by atoms with E-state index in [1.54, 1.807) is 0 Å². The molecule has 0 radical (unpaired) electrons. The van der Waals surface area contributed by atoms with E-state index in [1.165, 1.54) is 22.5 Å². The first-order chi connectivity index (χ1) is 10.1. The van der Waals surface area contributed by atoms with E-state index < -0.39 is 0 Å². The number of nitrogens with one attached hydrogen (secondary N) is 1. The summed E-state index contributed by atoms with van der Waals surface area (Å²) in [6.45, 7) is 4.85. The van der Waals surface area contributed by atoms with Gasteiger partial charge in [0.25, 0.3) is 5.91 Å². The number of aryl methyl sites for hydroxylation is 2. The molecule has 2 aromatic rings. The summed E-state index contributed by atoms with van der Waals surface area (Å²) in [6.07, 6.45) is 1.42. The van der Waals surface area contributed by atoms with Gasteiger partial charge in [0.2, 0.25) is 0 Å². The number of aromatic nitrogens is 1. The average Bonchev–Trinajstić information content (AvgIpc) is 3.12. The number of benzene rings is 1. The second-order valence-corrected chi connectivity index (χ2v) is 6.19. The van der Waals surface area contributed by atoms with Gasteiger partial charge in [-0.2, -0.15) is 0 Å². The Morgan fingerprint density at radius 3 is 2.95 bits per heavy atom. The van der Waals surface area contributed by atoms with Crippen molar-refractivity contribution < 1.29 is 9.53 Å². The quantitative estimate of drug-likeness (QED) is 0.943. The maximum Gasteiger partial charge on any atom is 0.255 e. The van der Waals surface area contributed by atoms with Crippen molar-refractivity contribution in [2.75, 3.05) is 11.9 Å². The summed E-state index contributed by atoms with van der Waals surface area (Å²) in [5.74, 6) is -0.0894. The van der Waals surface area contributed by atoms with E-state index in [1.807, 2.05) is 5.38 Å². The molecule has 1 atom stereocenters. The van der Waals surface area contributed by atoms with Crippen molar-refractivity contribution in [2.24, 2.45) is 0 Å². The number of carbonyl (C=O) groups excluding carboxylic acids is 1. The monoisotopic (exact) mass is 302 g/mol. The predicted molar refractivity (Wildman–Crippen MR) is 84.6 cm³/mol. The van der Waals surface area contributed by atoms with Gasteiger partial charge in [-0.15, -0.1) is 11.3 Å². The SMILES string of the molecule is Cc1ccc(-c2csc(NC(=O)C3CCCO3)n2)cc1C. The maximum absolute atomic E-state index is 12.0. The molecular weight excluding hydrogens is 284 g/mol. The number of amides is 1. The second-order valence-electron chi connectivity index (χ2n) is 5.33. The lowest BCUT2D eigenvalue weighted by molar-refractivity contribution is -0.124. The Morgan fingerprint density at radius 1 is 1.38 bits per heavy atom. The van der Waals surface area contributed by atoms with Crippen molar-refractivity contribution in [1.82, 2.24) is 4.98 Å². The molecule has 1 aliphatic rings. The highest BCUT2D eigenvalue weighted by molar-refractivity contribution is 7.14. The summed E-state index contributed by atoms with van der Waals surface area (Å²) >= 11 is 1.44. The first-order valence-corrected chi connectivity index (χ1v) is 7.97. The molecule has 1 aromatic heterocycles. The van der Waals surface area contributed by atoms with E-state index in [-0.39, 0.29) is 12.0 Å². The van der Waals surface area contributed by atoms with Crippen LogP contribution >= 0.6 is 11.3 Å². The van der Waals surface area contributed by atoms with E-state index in [0.29, 0.717) is 11.7 Å². The smallest absolute Gasteiger partial charge is 0.255 e. The van der Waals surface area contributed by atoms with Crippen LogP contribution in [0, 0.1) is 13.8 Å². The summed E-state index contributed by atoms with van der Waals surface area (Å²) in [6, 6.07) is 6.27. The lowest BCUT2D eigenvalue weighted by Gasteiger charge is -2.07. The number of carbonyl (C=O) groups is 1. The molecule has 5 heteroatoms. The zero-order valence-corrected chi connectivity index (χ0v) is 13.0. The number of ether oxygens (including phenoxy) is 1. The van der Waals surface area contributed by atoms with Crippen molar-refractivity contribution in [3.63, 3.8) is 0 Å². The average molecular weight is 302 g/mol. The first-order valence-electron chi connectivity index (χ1n) is 7.09. The summed E-state index contributed by atoms with van der Waals surface area (Å²) in [5, 5.41) is 5.44. The standard InChI is InChI=1S/C16H18N2O2S/c1-10-5-6-12(8-11(10)2)13-9-21-16(17-13)18-15(19)14-4-3-7-20-14/h5-6,8-9,14H,3-4,7H2,1-2H3,(H,17,18,19). The van der Waals surface area contributed by atoms with E-state index >= 15 is 0 Å². The molecule has 1 N–H and O–H groups in total.